The van der Waals surface area contributed by atoms with Crippen LogP contribution in [-0.4, -0.2) is 39.4 Å². The second kappa shape index (κ2) is 12.3. The predicted octanol–water partition coefficient (Wildman–Crippen LogP) is 1.08. The van der Waals surface area contributed by atoms with Gasteiger partial charge in [0.2, 0.25) is 15.9 Å². The van der Waals surface area contributed by atoms with Crippen molar-refractivity contribution in [3.05, 3.63) is 30.3 Å². The first-order valence-corrected chi connectivity index (χ1v) is 10.7. The lowest BCUT2D eigenvalue weighted by Gasteiger charge is -2.14. The molecule has 0 bridgehead atoms. The summed E-state index contributed by atoms with van der Waals surface area (Å²) in [5, 5.41) is 2.83. The molecular formula is C18H31N5O3S. The van der Waals surface area contributed by atoms with Crippen LogP contribution >= 0.6 is 0 Å². The number of nitrogens with zero attached hydrogens (tertiary/aromatic N) is 1. The van der Waals surface area contributed by atoms with Gasteiger partial charge in [0.05, 0.1) is 4.90 Å². The molecule has 0 aliphatic rings. The van der Waals surface area contributed by atoms with Crippen molar-refractivity contribution in [2.45, 2.75) is 56.4 Å². The maximum Gasteiger partial charge on any atom is 0.240 e. The summed E-state index contributed by atoms with van der Waals surface area (Å²) >= 11 is 0. The number of guanidine groups is 1. The van der Waals surface area contributed by atoms with Gasteiger partial charge in [-0.3, -0.25) is 9.79 Å². The van der Waals surface area contributed by atoms with Crippen LogP contribution < -0.4 is 21.5 Å². The standard InChI is InChI=1S/C18H31N5O3S/c1-15(23-27(25,26)16-10-6-5-7-11-16)14-17(24)21-12-8-3-2-4-9-13-22-18(19)20/h5-7,10-11,15,23H,2-4,8-9,12-14H2,1H3,(H,21,24)(H4,19,20,22). The van der Waals surface area contributed by atoms with E-state index in [1.54, 1.807) is 25.1 Å². The van der Waals surface area contributed by atoms with Gasteiger partial charge >= 0.3 is 0 Å². The molecule has 0 aliphatic heterocycles. The molecule has 0 aliphatic carbocycles. The number of carbonyl (C=O) groups is 1. The summed E-state index contributed by atoms with van der Waals surface area (Å²) in [6, 6.07) is 7.63. The number of aliphatic imine (C=N–C) groups is 1. The van der Waals surface area contributed by atoms with Gasteiger partial charge in [-0.05, 0) is 31.9 Å². The van der Waals surface area contributed by atoms with Gasteiger partial charge in [0.15, 0.2) is 5.96 Å². The first-order chi connectivity index (χ1) is 12.8. The van der Waals surface area contributed by atoms with Crippen LogP contribution in [0.2, 0.25) is 0 Å². The zero-order chi connectivity index (χ0) is 20.1. The fraction of sp³-hybridized carbons (Fsp3) is 0.556. The van der Waals surface area contributed by atoms with Gasteiger partial charge < -0.3 is 16.8 Å². The van der Waals surface area contributed by atoms with Crippen molar-refractivity contribution in [2.24, 2.45) is 16.5 Å². The lowest BCUT2D eigenvalue weighted by molar-refractivity contribution is -0.121. The third-order valence-electron chi connectivity index (χ3n) is 3.85. The maximum absolute atomic E-state index is 12.2. The summed E-state index contributed by atoms with van der Waals surface area (Å²) < 4.78 is 26.9. The molecule has 1 aromatic carbocycles. The summed E-state index contributed by atoms with van der Waals surface area (Å²) in [6.45, 7) is 2.91. The Balaban J connectivity index is 2.15. The molecule has 8 nitrogen and oxygen atoms in total. The van der Waals surface area contributed by atoms with Crippen molar-refractivity contribution in [1.82, 2.24) is 10.0 Å². The van der Waals surface area contributed by atoms with E-state index in [0.717, 1.165) is 32.1 Å². The Hall–Kier alpha value is -2.13. The van der Waals surface area contributed by atoms with Gasteiger partial charge in [-0.1, -0.05) is 37.5 Å². The molecule has 1 rings (SSSR count). The number of nitrogens with two attached hydrogens (primary N) is 2. The molecule has 6 N–H and O–H groups in total. The molecule has 1 atom stereocenters. The Morgan fingerprint density at radius 3 is 2.37 bits per heavy atom. The summed E-state index contributed by atoms with van der Waals surface area (Å²) in [7, 11) is -3.61. The number of unbranched alkanes of at least 4 members (excludes halogenated alkanes) is 4. The average molecular weight is 398 g/mol. The SMILES string of the molecule is CC(CC(=O)NCCCCCCCN=C(N)N)NS(=O)(=O)c1ccccc1. The van der Waals surface area contributed by atoms with E-state index in [4.69, 9.17) is 11.5 Å². The minimum atomic E-state index is -3.61. The Bertz CT molecular complexity index is 688. The molecule has 1 aromatic rings. The molecule has 0 heterocycles. The van der Waals surface area contributed by atoms with Crippen LogP contribution in [-0.2, 0) is 14.8 Å². The summed E-state index contributed by atoms with van der Waals surface area (Å²) in [4.78, 5) is 16.0. The molecule has 27 heavy (non-hydrogen) atoms. The number of hydrogen-bond donors (Lipinski definition) is 4. The molecule has 0 radical (unpaired) electrons. The topological polar surface area (TPSA) is 140 Å². The molecule has 0 saturated heterocycles. The van der Waals surface area contributed by atoms with Crippen LogP contribution in [0.25, 0.3) is 0 Å². The molecule has 0 spiro atoms. The number of amides is 1. The van der Waals surface area contributed by atoms with E-state index < -0.39 is 16.1 Å². The van der Waals surface area contributed by atoms with Gasteiger partial charge in [0, 0.05) is 25.6 Å². The molecule has 0 fully saturated rings. The number of benzene rings is 1. The van der Waals surface area contributed by atoms with Crippen LogP contribution in [0.1, 0.15) is 45.4 Å². The van der Waals surface area contributed by atoms with Crippen LogP contribution in [0.5, 0.6) is 0 Å². The normalized spacial score (nSPS) is 12.3. The lowest BCUT2D eigenvalue weighted by Crippen LogP contribution is -2.37. The number of carbonyl (C=O) groups excluding carboxylic acids is 1. The van der Waals surface area contributed by atoms with Crippen molar-refractivity contribution >= 4 is 21.9 Å². The molecule has 9 heteroatoms. The third kappa shape index (κ3) is 10.6. The van der Waals surface area contributed by atoms with E-state index in [9.17, 15) is 13.2 Å². The van der Waals surface area contributed by atoms with Crippen LogP contribution in [0, 0.1) is 0 Å². The minimum absolute atomic E-state index is 0.102. The van der Waals surface area contributed by atoms with E-state index in [1.165, 1.54) is 12.1 Å². The maximum atomic E-state index is 12.2. The summed E-state index contributed by atoms with van der Waals surface area (Å²) in [5.41, 5.74) is 10.5. The smallest absolute Gasteiger partial charge is 0.240 e. The van der Waals surface area contributed by atoms with Crippen molar-refractivity contribution in [1.29, 1.82) is 0 Å². The second-order valence-corrected chi connectivity index (χ2v) is 8.18. The lowest BCUT2D eigenvalue weighted by atomic mass is 10.1. The van der Waals surface area contributed by atoms with Crippen molar-refractivity contribution in [2.75, 3.05) is 13.1 Å². The second-order valence-electron chi connectivity index (χ2n) is 6.46. The highest BCUT2D eigenvalue weighted by Crippen LogP contribution is 2.09. The van der Waals surface area contributed by atoms with Crippen LogP contribution in [0.3, 0.4) is 0 Å². The molecule has 152 valence electrons. The largest absolute Gasteiger partial charge is 0.370 e. The number of rotatable bonds is 13. The van der Waals surface area contributed by atoms with E-state index in [0.29, 0.717) is 13.1 Å². The molecule has 1 unspecified atom stereocenters. The van der Waals surface area contributed by atoms with E-state index in [1.807, 2.05) is 0 Å². The van der Waals surface area contributed by atoms with Gasteiger partial charge in [0.1, 0.15) is 0 Å². The predicted molar refractivity (Wildman–Crippen MR) is 108 cm³/mol. The monoisotopic (exact) mass is 397 g/mol. The quantitative estimate of drug-likeness (QED) is 0.224. The van der Waals surface area contributed by atoms with Crippen LogP contribution in [0.4, 0.5) is 0 Å². The fourth-order valence-corrected chi connectivity index (χ4v) is 3.79. The highest BCUT2D eigenvalue weighted by atomic mass is 32.2. The highest BCUT2D eigenvalue weighted by molar-refractivity contribution is 7.89. The zero-order valence-electron chi connectivity index (χ0n) is 15.9. The summed E-state index contributed by atoms with van der Waals surface area (Å²) in [5.74, 6) is -0.0379. The third-order valence-corrected chi connectivity index (χ3v) is 5.46. The Labute approximate surface area is 161 Å². The van der Waals surface area contributed by atoms with Gasteiger partial charge in [-0.15, -0.1) is 0 Å². The van der Waals surface area contributed by atoms with Crippen LogP contribution in [0.15, 0.2) is 40.2 Å². The average Bonchev–Trinajstić information content (AvgIpc) is 2.60. The molecule has 0 saturated carbocycles. The number of hydrogen-bond acceptors (Lipinski definition) is 4. The Morgan fingerprint density at radius 2 is 1.70 bits per heavy atom. The number of nitrogens with one attached hydrogen (secondary N) is 2. The van der Waals surface area contributed by atoms with Crippen molar-refractivity contribution in [3.63, 3.8) is 0 Å². The zero-order valence-corrected chi connectivity index (χ0v) is 16.7. The first kappa shape index (κ1) is 22.9. The van der Waals surface area contributed by atoms with Gasteiger partial charge in [0.25, 0.3) is 0 Å². The highest BCUT2D eigenvalue weighted by Gasteiger charge is 2.18. The number of sulfonamides is 1. The van der Waals surface area contributed by atoms with E-state index in [-0.39, 0.29) is 23.2 Å². The van der Waals surface area contributed by atoms with E-state index in [2.05, 4.69) is 15.0 Å². The summed E-state index contributed by atoms with van der Waals surface area (Å²) in [6.07, 6.45) is 5.05. The van der Waals surface area contributed by atoms with Gasteiger partial charge in [-0.2, -0.15) is 0 Å². The minimum Gasteiger partial charge on any atom is -0.370 e. The molecule has 0 aromatic heterocycles. The fourth-order valence-electron chi connectivity index (χ4n) is 2.53. The van der Waals surface area contributed by atoms with Crippen molar-refractivity contribution < 1.29 is 13.2 Å². The van der Waals surface area contributed by atoms with Gasteiger partial charge in [-0.25, -0.2) is 13.1 Å². The molecule has 1 amide bonds. The Morgan fingerprint density at radius 1 is 1.07 bits per heavy atom. The van der Waals surface area contributed by atoms with E-state index >= 15 is 0 Å². The first-order valence-electron chi connectivity index (χ1n) is 9.20. The Kier molecular flexibility index (Phi) is 10.4. The van der Waals surface area contributed by atoms with Crippen molar-refractivity contribution in [3.8, 4) is 0 Å². The molecular weight excluding hydrogens is 366 g/mol.